The summed E-state index contributed by atoms with van der Waals surface area (Å²) >= 11 is 0. The molecule has 1 heterocycles. The molecule has 0 N–H and O–H groups in total. The van der Waals surface area contributed by atoms with E-state index in [0.29, 0.717) is 24.1 Å². The number of likely N-dealkylation sites (N-methyl/N-ethyl adjacent to an activating group) is 1. The number of Topliss-reactive ketones (excluding diaryl/α,β-unsaturated/α-hetero) is 1. The number of benzene rings is 2. The summed E-state index contributed by atoms with van der Waals surface area (Å²) in [4.78, 5) is 27.7. The second kappa shape index (κ2) is 8.28. The van der Waals surface area contributed by atoms with Crippen LogP contribution in [-0.2, 0) is 4.74 Å². The highest BCUT2D eigenvalue weighted by Gasteiger charge is 2.45. The zero-order chi connectivity index (χ0) is 17.0. The lowest BCUT2D eigenvalue weighted by atomic mass is 9.85. The lowest BCUT2D eigenvalue weighted by molar-refractivity contribution is -0.0364. The van der Waals surface area contributed by atoms with E-state index in [-0.39, 0.29) is 18.2 Å². The Kier molecular flexibility index (Phi) is 6.34. The smallest absolute Gasteiger partial charge is 0.339 e. The van der Waals surface area contributed by atoms with E-state index >= 15 is 0 Å². The third-order valence-electron chi connectivity index (χ3n) is 4.39. The highest BCUT2D eigenvalue weighted by atomic mass is 35.5. The molecule has 132 valence electrons. The van der Waals surface area contributed by atoms with Gasteiger partial charge in [0.15, 0.2) is 5.60 Å². The third kappa shape index (κ3) is 4.27. The van der Waals surface area contributed by atoms with E-state index in [4.69, 9.17) is 4.74 Å². The molecule has 25 heavy (non-hydrogen) atoms. The average Bonchev–Trinajstić information content (AvgIpc) is 2.62. The van der Waals surface area contributed by atoms with Gasteiger partial charge in [0.05, 0.1) is 5.56 Å². The molecular formula is C20H22ClNO3. The number of halogens is 1. The van der Waals surface area contributed by atoms with E-state index in [0.717, 1.165) is 13.0 Å². The largest absolute Gasteiger partial charge is 0.446 e. The van der Waals surface area contributed by atoms with Crippen LogP contribution in [0, 0.1) is 0 Å². The first-order valence-electron chi connectivity index (χ1n) is 8.17. The predicted molar refractivity (Wildman–Crippen MR) is 99.3 cm³/mol. The summed E-state index contributed by atoms with van der Waals surface area (Å²) < 4.78 is 5.82. The van der Waals surface area contributed by atoms with Gasteiger partial charge in [0, 0.05) is 12.1 Å². The van der Waals surface area contributed by atoms with Crippen molar-refractivity contribution >= 4 is 24.2 Å². The Bertz CT molecular complexity index is 720. The number of likely N-dealkylation sites (tertiary alicyclic amines) is 1. The molecule has 1 aliphatic rings. The average molecular weight is 360 g/mol. The van der Waals surface area contributed by atoms with E-state index in [9.17, 15) is 9.59 Å². The fourth-order valence-electron chi connectivity index (χ4n) is 3.21. The highest BCUT2D eigenvalue weighted by Crippen LogP contribution is 2.30. The molecule has 0 aliphatic carbocycles. The van der Waals surface area contributed by atoms with Crippen LogP contribution in [-0.4, -0.2) is 42.4 Å². The molecule has 0 amide bonds. The molecule has 0 aromatic heterocycles. The second-order valence-corrected chi connectivity index (χ2v) is 6.29. The first kappa shape index (κ1) is 19.2. The number of ether oxygens (including phenoxy) is 1. The van der Waals surface area contributed by atoms with Crippen LogP contribution in [0.2, 0.25) is 0 Å². The second-order valence-electron chi connectivity index (χ2n) is 6.29. The van der Waals surface area contributed by atoms with Gasteiger partial charge in [-0.2, -0.15) is 0 Å². The molecule has 4 nitrogen and oxygen atoms in total. The zero-order valence-corrected chi connectivity index (χ0v) is 15.0. The number of esters is 1. The molecule has 0 bridgehead atoms. The molecule has 1 atom stereocenters. The van der Waals surface area contributed by atoms with Crippen molar-refractivity contribution < 1.29 is 14.3 Å². The molecule has 1 aliphatic heterocycles. The Morgan fingerprint density at radius 1 is 0.960 bits per heavy atom. The number of carbonyl (C=O) groups excluding carboxylic acids is 2. The minimum Gasteiger partial charge on any atom is -0.446 e. The standard InChI is InChI=1S/C20H21NO3.ClH/c1-21-14-8-13-20(15-21,18(22)16-9-4-2-5-10-16)24-19(23)17-11-6-3-7-12-17;/h2-7,9-12H,8,13-15H2,1H3;1H. The topological polar surface area (TPSA) is 46.6 Å². The van der Waals surface area contributed by atoms with Crippen molar-refractivity contribution in [3.05, 3.63) is 71.8 Å². The minimum absolute atomic E-state index is 0. The summed E-state index contributed by atoms with van der Waals surface area (Å²) in [6, 6.07) is 17.9. The van der Waals surface area contributed by atoms with Crippen molar-refractivity contribution in [3.8, 4) is 0 Å². The highest BCUT2D eigenvalue weighted by molar-refractivity contribution is 6.04. The lowest BCUT2D eigenvalue weighted by Crippen LogP contribution is -2.54. The summed E-state index contributed by atoms with van der Waals surface area (Å²) in [6.07, 6.45) is 1.36. The molecular weight excluding hydrogens is 338 g/mol. The lowest BCUT2D eigenvalue weighted by Gasteiger charge is -2.39. The number of rotatable bonds is 4. The van der Waals surface area contributed by atoms with Crippen molar-refractivity contribution in [3.63, 3.8) is 0 Å². The van der Waals surface area contributed by atoms with Gasteiger partial charge in [-0.05, 0) is 38.6 Å². The van der Waals surface area contributed by atoms with Crippen LogP contribution in [0.25, 0.3) is 0 Å². The van der Waals surface area contributed by atoms with Gasteiger partial charge in [0.1, 0.15) is 0 Å². The monoisotopic (exact) mass is 359 g/mol. The Labute approximate surface area is 154 Å². The Hall–Kier alpha value is -2.17. The van der Waals surface area contributed by atoms with Crippen LogP contribution < -0.4 is 0 Å². The SMILES string of the molecule is CN1CCCC(OC(=O)c2ccccc2)(C(=O)c2ccccc2)C1.Cl. The van der Waals surface area contributed by atoms with Crippen molar-refractivity contribution in [2.45, 2.75) is 18.4 Å². The van der Waals surface area contributed by atoms with Crippen LogP contribution in [0.5, 0.6) is 0 Å². The van der Waals surface area contributed by atoms with Gasteiger partial charge in [0.25, 0.3) is 0 Å². The van der Waals surface area contributed by atoms with Gasteiger partial charge in [-0.25, -0.2) is 4.79 Å². The number of piperidine rings is 1. The van der Waals surface area contributed by atoms with Crippen LogP contribution in [0.15, 0.2) is 60.7 Å². The maximum atomic E-state index is 13.1. The van der Waals surface area contributed by atoms with Crippen LogP contribution in [0.3, 0.4) is 0 Å². The molecule has 3 rings (SSSR count). The van der Waals surface area contributed by atoms with Crippen LogP contribution in [0.4, 0.5) is 0 Å². The summed E-state index contributed by atoms with van der Waals surface area (Å²) in [7, 11) is 1.95. The summed E-state index contributed by atoms with van der Waals surface area (Å²) in [5.41, 5.74) is -0.0824. The quantitative estimate of drug-likeness (QED) is 0.618. The molecule has 1 unspecified atom stereocenters. The molecule has 0 saturated carbocycles. The van der Waals surface area contributed by atoms with E-state index in [2.05, 4.69) is 0 Å². The first-order valence-corrected chi connectivity index (χ1v) is 8.17. The third-order valence-corrected chi connectivity index (χ3v) is 4.39. The van der Waals surface area contributed by atoms with E-state index in [1.165, 1.54) is 0 Å². The van der Waals surface area contributed by atoms with Crippen molar-refractivity contribution in [1.82, 2.24) is 4.90 Å². The summed E-state index contributed by atoms with van der Waals surface area (Å²) in [6.45, 7) is 1.31. The fraction of sp³-hybridized carbons (Fsp3) is 0.300. The molecule has 2 aromatic rings. The normalized spacial score (nSPS) is 20.4. The maximum Gasteiger partial charge on any atom is 0.339 e. The van der Waals surface area contributed by atoms with Gasteiger partial charge in [-0.15, -0.1) is 12.4 Å². The fourth-order valence-corrected chi connectivity index (χ4v) is 3.21. The predicted octanol–water partition coefficient (Wildman–Crippen LogP) is 3.61. The number of nitrogens with zero attached hydrogens (tertiary/aromatic N) is 1. The van der Waals surface area contributed by atoms with Gasteiger partial charge in [-0.1, -0.05) is 48.5 Å². The van der Waals surface area contributed by atoms with Crippen molar-refractivity contribution in [2.24, 2.45) is 0 Å². The van der Waals surface area contributed by atoms with Crippen molar-refractivity contribution in [2.75, 3.05) is 20.1 Å². The van der Waals surface area contributed by atoms with Crippen LogP contribution in [0.1, 0.15) is 33.6 Å². The Morgan fingerprint density at radius 3 is 2.08 bits per heavy atom. The first-order chi connectivity index (χ1) is 11.6. The van der Waals surface area contributed by atoms with Crippen LogP contribution >= 0.6 is 12.4 Å². The molecule has 1 saturated heterocycles. The van der Waals surface area contributed by atoms with Crippen molar-refractivity contribution in [1.29, 1.82) is 0 Å². The van der Waals surface area contributed by atoms with E-state index < -0.39 is 11.6 Å². The number of ketones is 1. The van der Waals surface area contributed by atoms with Gasteiger partial charge < -0.3 is 9.64 Å². The molecule has 1 fully saturated rings. The number of hydrogen-bond acceptors (Lipinski definition) is 4. The molecule has 2 aromatic carbocycles. The molecule has 0 spiro atoms. The van der Waals surface area contributed by atoms with Gasteiger partial charge >= 0.3 is 5.97 Å². The Balaban J connectivity index is 0.00000225. The Morgan fingerprint density at radius 2 is 1.52 bits per heavy atom. The van der Waals surface area contributed by atoms with Gasteiger partial charge in [0.2, 0.25) is 5.78 Å². The maximum absolute atomic E-state index is 13.1. The zero-order valence-electron chi connectivity index (χ0n) is 14.2. The number of hydrogen-bond donors (Lipinski definition) is 0. The minimum atomic E-state index is -1.12. The van der Waals surface area contributed by atoms with E-state index in [1.54, 1.807) is 36.4 Å². The van der Waals surface area contributed by atoms with E-state index in [1.807, 2.05) is 36.2 Å². The summed E-state index contributed by atoms with van der Waals surface area (Å²) in [5.74, 6) is -0.575. The summed E-state index contributed by atoms with van der Waals surface area (Å²) in [5, 5.41) is 0. The molecule has 0 radical (unpaired) electrons. The molecule has 5 heteroatoms. The van der Waals surface area contributed by atoms with Gasteiger partial charge in [-0.3, -0.25) is 4.79 Å². The number of carbonyl (C=O) groups is 2.